The van der Waals surface area contributed by atoms with E-state index in [9.17, 15) is 17.7 Å². The van der Waals surface area contributed by atoms with E-state index >= 15 is 0 Å². The SMILES string of the molecule is C[S+]([O-])c1cn(-c2c(Cl)cc(C(F)(F)F)cc2Cl)nc1C#N. The lowest BCUT2D eigenvalue weighted by Gasteiger charge is -2.12. The summed E-state index contributed by atoms with van der Waals surface area (Å²) in [6.07, 6.45) is -2.00. The van der Waals surface area contributed by atoms with E-state index in [1.165, 1.54) is 12.5 Å². The van der Waals surface area contributed by atoms with Crippen molar-refractivity contribution in [2.24, 2.45) is 0 Å². The molecule has 22 heavy (non-hydrogen) atoms. The third-order valence-electron chi connectivity index (χ3n) is 2.67. The van der Waals surface area contributed by atoms with Crippen molar-refractivity contribution < 1.29 is 17.7 Å². The van der Waals surface area contributed by atoms with Gasteiger partial charge in [-0.25, -0.2) is 4.68 Å². The molecule has 0 aliphatic carbocycles. The van der Waals surface area contributed by atoms with Crippen LogP contribution in [0.3, 0.4) is 0 Å². The van der Waals surface area contributed by atoms with Gasteiger partial charge in [-0.3, -0.25) is 0 Å². The van der Waals surface area contributed by atoms with Gasteiger partial charge in [0.2, 0.25) is 10.6 Å². The van der Waals surface area contributed by atoms with Crippen molar-refractivity contribution in [3.63, 3.8) is 0 Å². The second kappa shape index (κ2) is 6.01. The molecule has 0 radical (unpaired) electrons. The number of nitriles is 1. The summed E-state index contributed by atoms with van der Waals surface area (Å²) < 4.78 is 50.6. The molecule has 1 unspecified atom stereocenters. The molecule has 1 heterocycles. The molecule has 10 heteroatoms. The molecule has 0 amide bonds. The standard InChI is InChI=1S/C12H6Cl2F3N3OS/c1-22(21)10-5-20(19-9(10)4-18)11-7(13)2-6(3-8(11)14)12(15,16)17/h2-3,5H,1H3. The van der Waals surface area contributed by atoms with Crippen LogP contribution in [-0.4, -0.2) is 20.6 Å². The molecule has 0 fully saturated rings. The van der Waals surface area contributed by atoms with Crippen LogP contribution in [-0.2, 0) is 17.4 Å². The minimum atomic E-state index is -4.59. The number of benzene rings is 1. The van der Waals surface area contributed by atoms with Gasteiger partial charge in [-0.15, -0.1) is 0 Å². The molecule has 2 rings (SSSR count). The second-order valence-electron chi connectivity index (χ2n) is 4.14. The van der Waals surface area contributed by atoms with E-state index in [1.54, 1.807) is 6.07 Å². The molecule has 0 aliphatic rings. The highest BCUT2D eigenvalue weighted by Gasteiger charge is 2.32. The van der Waals surface area contributed by atoms with Crippen molar-refractivity contribution >= 4 is 34.4 Å². The van der Waals surface area contributed by atoms with Crippen LogP contribution in [0.2, 0.25) is 10.0 Å². The van der Waals surface area contributed by atoms with Crippen LogP contribution in [0, 0.1) is 11.3 Å². The van der Waals surface area contributed by atoms with Gasteiger partial charge in [-0.05, 0) is 23.3 Å². The van der Waals surface area contributed by atoms with Crippen molar-refractivity contribution in [3.05, 3.63) is 39.6 Å². The molecule has 1 atom stereocenters. The Morgan fingerprint density at radius 2 is 1.86 bits per heavy atom. The van der Waals surface area contributed by atoms with Gasteiger partial charge in [-0.1, -0.05) is 23.2 Å². The van der Waals surface area contributed by atoms with Crippen LogP contribution in [0.25, 0.3) is 5.69 Å². The van der Waals surface area contributed by atoms with Crippen LogP contribution in [0.4, 0.5) is 13.2 Å². The molecule has 1 aromatic heterocycles. The fourth-order valence-electron chi connectivity index (χ4n) is 1.71. The summed E-state index contributed by atoms with van der Waals surface area (Å²) >= 11 is 10.2. The highest BCUT2D eigenvalue weighted by molar-refractivity contribution is 7.90. The van der Waals surface area contributed by atoms with Crippen LogP contribution >= 0.6 is 23.2 Å². The average molecular weight is 368 g/mol. The molecule has 0 spiro atoms. The lowest BCUT2D eigenvalue weighted by molar-refractivity contribution is -0.137. The predicted molar refractivity (Wildman–Crippen MR) is 75.6 cm³/mol. The van der Waals surface area contributed by atoms with Crippen molar-refractivity contribution in [1.82, 2.24) is 9.78 Å². The molecule has 0 N–H and O–H groups in total. The first-order valence-electron chi connectivity index (χ1n) is 5.55. The summed E-state index contributed by atoms with van der Waals surface area (Å²) in [5.74, 6) is 0. The summed E-state index contributed by atoms with van der Waals surface area (Å²) in [5.41, 5.74) is -1.14. The summed E-state index contributed by atoms with van der Waals surface area (Å²) in [7, 11) is 0. The maximum atomic E-state index is 12.7. The van der Waals surface area contributed by atoms with Crippen LogP contribution in [0.1, 0.15) is 11.3 Å². The summed E-state index contributed by atoms with van der Waals surface area (Å²) in [6, 6.07) is 3.17. The van der Waals surface area contributed by atoms with Crippen molar-refractivity contribution in [3.8, 4) is 11.8 Å². The van der Waals surface area contributed by atoms with E-state index in [4.69, 9.17) is 28.5 Å². The molecule has 2 aromatic rings. The number of alkyl halides is 3. The molecule has 4 nitrogen and oxygen atoms in total. The lowest BCUT2D eigenvalue weighted by Crippen LogP contribution is -2.07. The van der Waals surface area contributed by atoms with Crippen molar-refractivity contribution in [2.45, 2.75) is 11.1 Å². The summed E-state index contributed by atoms with van der Waals surface area (Å²) in [4.78, 5) is 0.134. The van der Waals surface area contributed by atoms with Gasteiger partial charge in [0.05, 0.1) is 21.8 Å². The number of aromatic nitrogens is 2. The Kier molecular flexibility index (Phi) is 4.63. The molecule has 0 saturated carbocycles. The van der Waals surface area contributed by atoms with Gasteiger partial charge in [0.1, 0.15) is 18.0 Å². The van der Waals surface area contributed by atoms with E-state index in [0.717, 1.165) is 4.68 Å². The monoisotopic (exact) mass is 367 g/mol. The van der Waals surface area contributed by atoms with E-state index in [-0.39, 0.29) is 26.3 Å². The average Bonchev–Trinajstić information content (AvgIpc) is 2.80. The number of hydrogen-bond acceptors (Lipinski definition) is 3. The summed E-state index contributed by atoms with van der Waals surface area (Å²) in [6.45, 7) is 0. The lowest BCUT2D eigenvalue weighted by atomic mass is 10.2. The molecule has 0 saturated heterocycles. The number of nitrogens with zero attached hydrogens (tertiary/aromatic N) is 3. The van der Waals surface area contributed by atoms with E-state index < -0.39 is 22.9 Å². The Bertz CT molecular complexity index is 745. The zero-order valence-corrected chi connectivity index (χ0v) is 13.1. The first kappa shape index (κ1) is 17.0. The second-order valence-corrected chi connectivity index (χ2v) is 6.30. The number of halogens is 5. The van der Waals surface area contributed by atoms with Gasteiger partial charge in [-0.2, -0.15) is 23.5 Å². The Balaban J connectivity index is 2.62. The maximum absolute atomic E-state index is 12.7. The largest absolute Gasteiger partial charge is 0.612 e. The van der Waals surface area contributed by atoms with E-state index in [0.29, 0.717) is 12.1 Å². The molecule has 0 bridgehead atoms. The van der Waals surface area contributed by atoms with Crippen molar-refractivity contribution in [2.75, 3.05) is 6.26 Å². The smallest absolute Gasteiger partial charge is 0.416 e. The normalized spacial score (nSPS) is 13.0. The third-order valence-corrected chi connectivity index (χ3v) is 4.16. The summed E-state index contributed by atoms with van der Waals surface area (Å²) in [5, 5.41) is 12.2. The fourth-order valence-corrected chi connectivity index (χ4v) is 2.98. The maximum Gasteiger partial charge on any atom is 0.416 e. The van der Waals surface area contributed by atoms with Gasteiger partial charge in [0.25, 0.3) is 0 Å². The van der Waals surface area contributed by atoms with Crippen molar-refractivity contribution in [1.29, 1.82) is 5.26 Å². The minimum absolute atomic E-state index is 0.0236. The predicted octanol–water partition coefficient (Wildman–Crippen LogP) is 3.81. The first-order chi connectivity index (χ1) is 10.1. The molecular weight excluding hydrogens is 362 g/mol. The highest BCUT2D eigenvalue weighted by Crippen LogP contribution is 2.37. The molecular formula is C12H6Cl2F3N3OS. The topological polar surface area (TPSA) is 64.7 Å². The van der Waals surface area contributed by atoms with E-state index in [2.05, 4.69) is 5.10 Å². The third kappa shape index (κ3) is 3.17. The molecule has 0 aliphatic heterocycles. The number of hydrogen-bond donors (Lipinski definition) is 0. The highest BCUT2D eigenvalue weighted by atomic mass is 35.5. The Morgan fingerprint density at radius 1 is 1.32 bits per heavy atom. The van der Waals surface area contributed by atoms with E-state index in [1.807, 2.05) is 0 Å². The van der Waals surface area contributed by atoms with Gasteiger partial charge in [0, 0.05) is 0 Å². The van der Waals surface area contributed by atoms with Gasteiger partial charge < -0.3 is 4.55 Å². The zero-order valence-electron chi connectivity index (χ0n) is 10.8. The molecule has 116 valence electrons. The molecule has 1 aromatic carbocycles. The quantitative estimate of drug-likeness (QED) is 0.758. The first-order valence-corrected chi connectivity index (χ1v) is 7.86. The van der Waals surface area contributed by atoms with Crippen LogP contribution < -0.4 is 0 Å². The Labute approximate surface area is 136 Å². The van der Waals surface area contributed by atoms with Crippen LogP contribution in [0.5, 0.6) is 0 Å². The zero-order chi connectivity index (χ0) is 16.7. The number of rotatable bonds is 2. The van der Waals surface area contributed by atoms with Gasteiger partial charge in [0.15, 0.2) is 0 Å². The Hall–Kier alpha value is -1.40. The Morgan fingerprint density at radius 3 is 2.23 bits per heavy atom. The minimum Gasteiger partial charge on any atom is -0.612 e. The fraction of sp³-hybridized carbons (Fsp3) is 0.167. The van der Waals surface area contributed by atoms with Crippen LogP contribution in [0.15, 0.2) is 23.2 Å². The van der Waals surface area contributed by atoms with Gasteiger partial charge >= 0.3 is 6.18 Å².